The predicted molar refractivity (Wildman–Crippen MR) is 72.9 cm³/mol. The molecule has 17 heavy (non-hydrogen) atoms. The number of hydrogen-bond acceptors (Lipinski definition) is 3. The van der Waals surface area contributed by atoms with Gasteiger partial charge in [0.2, 0.25) is 0 Å². The van der Waals surface area contributed by atoms with Gasteiger partial charge in [-0.2, -0.15) is 11.8 Å². The molecule has 3 N–H and O–H groups in total. The first-order valence-electron chi connectivity index (χ1n) is 5.87. The molecule has 5 heteroatoms. The van der Waals surface area contributed by atoms with Crippen molar-refractivity contribution in [3.8, 4) is 0 Å². The fraction of sp³-hybridized carbons (Fsp3) is 0.417. The van der Waals surface area contributed by atoms with Gasteiger partial charge in [0.05, 0.1) is 11.0 Å². The lowest BCUT2D eigenvalue weighted by Gasteiger charge is -2.23. The lowest BCUT2D eigenvalue weighted by atomic mass is 10.1. The third kappa shape index (κ3) is 2.34. The van der Waals surface area contributed by atoms with Gasteiger partial charge in [-0.1, -0.05) is 0 Å². The van der Waals surface area contributed by atoms with Gasteiger partial charge in [0, 0.05) is 17.5 Å². The SMILES string of the molecule is O=c1[nH]c2ccc(NC3CCCSC3)cc2[nH]1. The number of H-pyrrole nitrogens is 2. The highest BCUT2D eigenvalue weighted by Gasteiger charge is 2.13. The summed E-state index contributed by atoms with van der Waals surface area (Å²) in [6, 6.07) is 6.50. The number of thioether (sulfide) groups is 1. The molecule has 1 aliphatic rings. The van der Waals surface area contributed by atoms with Crippen LogP contribution in [0.4, 0.5) is 5.69 Å². The molecule has 1 fully saturated rings. The number of fused-ring (bicyclic) bond motifs is 1. The molecule has 2 heterocycles. The summed E-state index contributed by atoms with van der Waals surface area (Å²) in [5.74, 6) is 2.45. The van der Waals surface area contributed by atoms with Crippen molar-refractivity contribution >= 4 is 28.5 Å². The molecule has 1 aromatic heterocycles. The maximum Gasteiger partial charge on any atom is 0.323 e. The highest BCUT2D eigenvalue weighted by Crippen LogP contribution is 2.22. The van der Waals surface area contributed by atoms with Crippen molar-refractivity contribution in [1.29, 1.82) is 0 Å². The normalized spacial score (nSPS) is 20.6. The monoisotopic (exact) mass is 249 g/mol. The highest BCUT2D eigenvalue weighted by molar-refractivity contribution is 7.99. The maximum absolute atomic E-state index is 11.2. The van der Waals surface area contributed by atoms with E-state index in [2.05, 4.69) is 15.3 Å². The molecule has 0 saturated carbocycles. The van der Waals surface area contributed by atoms with E-state index in [1.54, 1.807) is 0 Å². The first kappa shape index (κ1) is 10.8. The summed E-state index contributed by atoms with van der Waals surface area (Å²) in [4.78, 5) is 16.7. The van der Waals surface area contributed by atoms with Gasteiger partial charge in [-0.15, -0.1) is 0 Å². The Morgan fingerprint density at radius 2 is 2.18 bits per heavy atom. The van der Waals surface area contributed by atoms with E-state index >= 15 is 0 Å². The van der Waals surface area contributed by atoms with Crippen molar-refractivity contribution < 1.29 is 0 Å². The van der Waals surface area contributed by atoms with Crippen molar-refractivity contribution in [2.45, 2.75) is 18.9 Å². The Balaban J connectivity index is 1.82. The van der Waals surface area contributed by atoms with Gasteiger partial charge >= 0.3 is 5.69 Å². The Hall–Kier alpha value is -1.36. The fourth-order valence-corrected chi connectivity index (χ4v) is 3.28. The van der Waals surface area contributed by atoms with Gasteiger partial charge in [0.15, 0.2) is 0 Å². The number of hydrogen-bond donors (Lipinski definition) is 3. The number of rotatable bonds is 2. The molecule has 1 unspecified atom stereocenters. The molecular formula is C12H15N3OS. The Kier molecular flexibility index (Phi) is 2.84. The number of imidazole rings is 1. The van der Waals surface area contributed by atoms with Crippen LogP contribution in [0.25, 0.3) is 11.0 Å². The van der Waals surface area contributed by atoms with Crippen molar-refractivity contribution in [1.82, 2.24) is 9.97 Å². The minimum Gasteiger partial charge on any atom is -0.381 e. The van der Waals surface area contributed by atoms with Gasteiger partial charge < -0.3 is 15.3 Å². The van der Waals surface area contributed by atoms with Crippen LogP contribution in [0.3, 0.4) is 0 Å². The van der Waals surface area contributed by atoms with E-state index in [1.807, 2.05) is 30.0 Å². The Morgan fingerprint density at radius 1 is 1.29 bits per heavy atom. The molecule has 1 atom stereocenters. The van der Waals surface area contributed by atoms with Gasteiger partial charge in [-0.05, 0) is 36.8 Å². The molecule has 0 radical (unpaired) electrons. The summed E-state index contributed by atoms with van der Waals surface area (Å²) < 4.78 is 0. The van der Waals surface area contributed by atoms with Crippen molar-refractivity contribution in [3.63, 3.8) is 0 Å². The zero-order chi connectivity index (χ0) is 11.7. The predicted octanol–water partition coefficient (Wildman–Crippen LogP) is 2.16. The van der Waals surface area contributed by atoms with Gasteiger partial charge in [0.1, 0.15) is 0 Å². The standard InChI is InChI=1S/C12H15N3OS/c16-12-14-10-4-3-8(6-11(10)15-12)13-9-2-1-5-17-7-9/h3-4,6,9,13H,1-2,5,7H2,(H2,14,15,16). The highest BCUT2D eigenvalue weighted by atomic mass is 32.2. The van der Waals surface area contributed by atoms with Gasteiger partial charge in [0.25, 0.3) is 0 Å². The second kappa shape index (κ2) is 4.49. The summed E-state index contributed by atoms with van der Waals surface area (Å²) in [5, 5.41) is 3.53. The van der Waals surface area contributed by atoms with Crippen LogP contribution in [0.5, 0.6) is 0 Å². The summed E-state index contributed by atoms with van der Waals surface area (Å²) >= 11 is 2.00. The van der Waals surface area contributed by atoms with Crippen LogP contribution in [-0.4, -0.2) is 27.5 Å². The van der Waals surface area contributed by atoms with Gasteiger partial charge in [-0.25, -0.2) is 4.79 Å². The molecule has 1 saturated heterocycles. The number of aromatic amines is 2. The largest absolute Gasteiger partial charge is 0.381 e. The zero-order valence-electron chi connectivity index (χ0n) is 9.45. The van der Waals surface area contributed by atoms with Crippen LogP contribution in [0, 0.1) is 0 Å². The first-order valence-corrected chi connectivity index (χ1v) is 7.03. The van der Waals surface area contributed by atoms with Crippen LogP contribution >= 0.6 is 11.8 Å². The Labute approximate surface area is 103 Å². The smallest absolute Gasteiger partial charge is 0.323 e. The summed E-state index contributed by atoms with van der Waals surface area (Å²) in [5.41, 5.74) is 2.66. The van der Waals surface area contributed by atoms with E-state index in [0.29, 0.717) is 6.04 Å². The minimum absolute atomic E-state index is 0.148. The van der Waals surface area contributed by atoms with E-state index in [4.69, 9.17) is 0 Å². The van der Waals surface area contributed by atoms with E-state index in [9.17, 15) is 4.79 Å². The second-order valence-electron chi connectivity index (χ2n) is 4.40. The minimum atomic E-state index is -0.148. The summed E-state index contributed by atoms with van der Waals surface area (Å²) in [6.07, 6.45) is 2.51. The molecule has 90 valence electrons. The van der Waals surface area contributed by atoms with E-state index in [1.165, 1.54) is 24.3 Å². The van der Waals surface area contributed by atoms with Crippen molar-refractivity contribution in [2.24, 2.45) is 0 Å². The van der Waals surface area contributed by atoms with Crippen LogP contribution in [0.2, 0.25) is 0 Å². The molecule has 1 aromatic carbocycles. The third-order valence-corrected chi connectivity index (χ3v) is 4.26. The quantitative estimate of drug-likeness (QED) is 0.764. The van der Waals surface area contributed by atoms with Crippen molar-refractivity contribution in [2.75, 3.05) is 16.8 Å². The van der Waals surface area contributed by atoms with Crippen molar-refractivity contribution in [3.05, 3.63) is 28.7 Å². The molecule has 0 amide bonds. The fourth-order valence-electron chi connectivity index (χ4n) is 2.21. The molecule has 0 aliphatic carbocycles. The second-order valence-corrected chi connectivity index (χ2v) is 5.55. The van der Waals surface area contributed by atoms with Gasteiger partial charge in [-0.3, -0.25) is 0 Å². The average Bonchev–Trinajstić information content (AvgIpc) is 2.70. The molecule has 0 spiro atoms. The molecular weight excluding hydrogens is 234 g/mol. The number of anilines is 1. The number of aromatic nitrogens is 2. The van der Waals surface area contributed by atoms with Crippen LogP contribution < -0.4 is 11.0 Å². The number of benzene rings is 1. The lowest BCUT2D eigenvalue weighted by molar-refractivity contribution is 0.685. The van der Waals surface area contributed by atoms with Crippen LogP contribution in [0.1, 0.15) is 12.8 Å². The van der Waals surface area contributed by atoms with Crippen LogP contribution in [0.15, 0.2) is 23.0 Å². The Bertz CT molecular complexity index is 568. The topological polar surface area (TPSA) is 60.7 Å². The van der Waals surface area contributed by atoms with E-state index in [0.717, 1.165) is 16.7 Å². The molecule has 4 nitrogen and oxygen atoms in total. The molecule has 0 bridgehead atoms. The third-order valence-electron chi connectivity index (χ3n) is 3.05. The molecule has 3 rings (SSSR count). The van der Waals surface area contributed by atoms with Crippen LogP contribution in [-0.2, 0) is 0 Å². The Morgan fingerprint density at radius 3 is 3.00 bits per heavy atom. The zero-order valence-corrected chi connectivity index (χ0v) is 10.3. The van der Waals surface area contributed by atoms with E-state index in [-0.39, 0.29) is 5.69 Å². The summed E-state index contributed by atoms with van der Waals surface area (Å²) in [7, 11) is 0. The maximum atomic E-state index is 11.2. The van der Waals surface area contributed by atoms with E-state index < -0.39 is 0 Å². The molecule has 2 aromatic rings. The summed E-state index contributed by atoms with van der Waals surface area (Å²) in [6.45, 7) is 0. The first-order chi connectivity index (χ1) is 8.31. The lowest BCUT2D eigenvalue weighted by Crippen LogP contribution is -2.25. The molecule has 1 aliphatic heterocycles. The average molecular weight is 249 g/mol. The number of nitrogens with one attached hydrogen (secondary N) is 3.